The molecule has 0 spiro atoms. The Bertz CT molecular complexity index is 1290. The minimum absolute atomic E-state index is 0.599. The minimum Gasteiger partial charge on any atom is -0.338 e. The van der Waals surface area contributed by atoms with E-state index in [0.29, 0.717) is 11.4 Å². The number of hydrogen-bond donors (Lipinski definition) is 3. The lowest BCUT2D eigenvalue weighted by atomic mass is 10.1. The van der Waals surface area contributed by atoms with Gasteiger partial charge in [0.15, 0.2) is 5.82 Å². The van der Waals surface area contributed by atoms with E-state index in [1.165, 1.54) is 0 Å². The maximum absolute atomic E-state index is 9.12. The summed E-state index contributed by atoms with van der Waals surface area (Å²) < 4.78 is 0. The van der Waals surface area contributed by atoms with E-state index in [4.69, 9.17) is 5.26 Å². The largest absolute Gasteiger partial charge is 0.338 e. The lowest BCUT2D eigenvalue weighted by Gasteiger charge is -2.08. The third-order valence-electron chi connectivity index (χ3n) is 4.22. The fraction of sp³-hybridized carbons (Fsp3) is 0. The molecule has 7 nitrogen and oxygen atoms in total. The van der Waals surface area contributed by atoms with Crippen molar-refractivity contribution >= 4 is 44.2 Å². The molecule has 0 aliphatic rings. The fourth-order valence-corrected chi connectivity index (χ4v) is 3.01. The Balaban J connectivity index is 1.69. The van der Waals surface area contributed by atoms with Crippen molar-refractivity contribution in [1.29, 1.82) is 5.26 Å². The predicted octanol–water partition coefficient (Wildman–Crippen LogP) is 3.60. The second kappa shape index (κ2) is 5.04. The number of aromatic amines is 2. The maximum Gasteiger partial charge on any atom is 0.159 e. The Morgan fingerprint density at radius 3 is 2.96 bits per heavy atom. The quantitative estimate of drug-likeness (QED) is 0.460. The summed E-state index contributed by atoms with van der Waals surface area (Å²) in [4.78, 5) is 4.69. The van der Waals surface area contributed by atoms with Crippen molar-refractivity contribution in [2.75, 3.05) is 5.32 Å². The monoisotopic (exact) mass is 325 g/mol. The van der Waals surface area contributed by atoms with Gasteiger partial charge in [-0.15, -0.1) is 0 Å². The van der Waals surface area contributed by atoms with Crippen LogP contribution in [0.5, 0.6) is 0 Å². The molecule has 3 N–H and O–H groups in total. The Morgan fingerprint density at radius 1 is 1.08 bits per heavy atom. The molecule has 118 valence electrons. The van der Waals surface area contributed by atoms with Crippen molar-refractivity contribution < 1.29 is 0 Å². The van der Waals surface area contributed by atoms with Gasteiger partial charge in [0.25, 0.3) is 0 Å². The number of pyridine rings is 1. The van der Waals surface area contributed by atoms with Crippen LogP contribution in [0.1, 0.15) is 5.56 Å². The molecule has 0 unspecified atom stereocenters. The second-order valence-electron chi connectivity index (χ2n) is 5.75. The van der Waals surface area contributed by atoms with Gasteiger partial charge in [0.2, 0.25) is 0 Å². The summed E-state index contributed by atoms with van der Waals surface area (Å²) in [6, 6.07) is 13.6. The van der Waals surface area contributed by atoms with E-state index in [1.54, 1.807) is 12.3 Å². The Kier molecular flexibility index (Phi) is 2.72. The zero-order valence-electron chi connectivity index (χ0n) is 12.9. The van der Waals surface area contributed by atoms with Crippen LogP contribution in [0.3, 0.4) is 0 Å². The van der Waals surface area contributed by atoms with Gasteiger partial charge in [-0.3, -0.25) is 10.2 Å². The topological polar surface area (TPSA) is 106 Å². The van der Waals surface area contributed by atoms with Gasteiger partial charge in [0, 0.05) is 28.0 Å². The van der Waals surface area contributed by atoms with Crippen molar-refractivity contribution in [1.82, 2.24) is 25.4 Å². The van der Waals surface area contributed by atoms with Crippen molar-refractivity contribution in [2.45, 2.75) is 0 Å². The second-order valence-corrected chi connectivity index (χ2v) is 5.75. The molecule has 5 rings (SSSR count). The van der Waals surface area contributed by atoms with Crippen LogP contribution in [0.2, 0.25) is 0 Å². The molecule has 0 atom stereocenters. The first-order valence-corrected chi connectivity index (χ1v) is 7.69. The Morgan fingerprint density at radius 2 is 2.04 bits per heavy atom. The number of nitriles is 1. The number of hydrogen-bond acceptors (Lipinski definition) is 5. The molecular formula is C18H11N7. The van der Waals surface area contributed by atoms with E-state index in [9.17, 15) is 0 Å². The summed E-state index contributed by atoms with van der Waals surface area (Å²) >= 11 is 0. The van der Waals surface area contributed by atoms with Crippen LogP contribution < -0.4 is 5.32 Å². The number of nitrogens with one attached hydrogen (secondary N) is 3. The van der Waals surface area contributed by atoms with Gasteiger partial charge >= 0.3 is 0 Å². The number of rotatable bonds is 2. The van der Waals surface area contributed by atoms with Gasteiger partial charge < -0.3 is 5.32 Å². The maximum atomic E-state index is 9.12. The third-order valence-corrected chi connectivity index (χ3v) is 4.22. The molecule has 3 aromatic heterocycles. The standard InChI is InChI=1S/C18H11N7/c19-7-10-1-4-15-13(5-10)14-9-21-25-17(14)18(23-15)22-12-3-2-11-8-20-24-16(11)6-12/h1-6,8-9H,(H,20,24)(H,21,25)(H,22,23). The van der Waals surface area contributed by atoms with Gasteiger partial charge in [-0.05, 0) is 36.4 Å². The van der Waals surface area contributed by atoms with Crippen LogP contribution in [0.15, 0.2) is 48.8 Å². The van der Waals surface area contributed by atoms with E-state index in [2.05, 4.69) is 36.8 Å². The highest BCUT2D eigenvalue weighted by molar-refractivity contribution is 6.09. The lowest BCUT2D eigenvalue weighted by molar-refractivity contribution is 1.11. The number of nitrogens with zero attached hydrogens (tertiary/aromatic N) is 4. The van der Waals surface area contributed by atoms with E-state index in [-0.39, 0.29) is 0 Å². The SMILES string of the molecule is N#Cc1ccc2nc(Nc3ccc4cn[nH]c4c3)c3n[nH]cc3c2c1. The Hall–Kier alpha value is -3.92. The summed E-state index contributed by atoms with van der Waals surface area (Å²) in [5.74, 6) is 0.660. The molecule has 7 heteroatoms. The van der Waals surface area contributed by atoms with Gasteiger partial charge in [0.1, 0.15) is 5.52 Å². The van der Waals surface area contributed by atoms with Crippen molar-refractivity contribution in [2.24, 2.45) is 0 Å². The molecule has 0 radical (unpaired) electrons. The Labute approximate surface area is 141 Å². The average molecular weight is 325 g/mol. The zero-order chi connectivity index (χ0) is 16.8. The fourth-order valence-electron chi connectivity index (χ4n) is 3.01. The number of aromatic nitrogens is 5. The first-order chi connectivity index (χ1) is 12.3. The van der Waals surface area contributed by atoms with Crippen molar-refractivity contribution in [3.8, 4) is 6.07 Å². The van der Waals surface area contributed by atoms with Crippen LogP contribution in [0.25, 0.3) is 32.7 Å². The van der Waals surface area contributed by atoms with E-state index in [0.717, 1.165) is 38.4 Å². The molecule has 5 aromatic rings. The minimum atomic E-state index is 0.599. The molecule has 0 saturated carbocycles. The molecule has 0 amide bonds. The summed E-state index contributed by atoms with van der Waals surface area (Å²) in [5, 5.41) is 29.5. The highest BCUT2D eigenvalue weighted by atomic mass is 15.1. The number of fused-ring (bicyclic) bond motifs is 4. The van der Waals surface area contributed by atoms with Crippen molar-refractivity contribution in [3.05, 3.63) is 54.4 Å². The number of benzene rings is 2. The van der Waals surface area contributed by atoms with Crippen LogP contribution in [-0.4, -0.2) is 25.4 Å². The molecule has 3 heterocycles. The summed E-state index contributed by atoms with van der Waals surface area (Å²) in [6.45, 7) is 0. The van der Waals surface area contributed by atoms with E-state index < -0.39 is 0 Å². The predicted molar refractivity (Wildman–Crippen MR) is 95.5 cm³/mol. The van der Waals surface area contributed by atoms with Gasteiger partial charge in [-0.25, -0.2) is 4.98 Å². The van der Waals surface area contributed by atoms with Gasteiger partial charge in [0.05, 0.1) is 28.9 Å². The van der Waals surface area contributed by atoms with Crippen LogP contribution in [0, 0.1) is 11.3 Å². The number of anilines is 2. The molecule has 0 bridgehead atoms. The molecule has 25 heavy (non-hydrogen) atoms. The molecule has 0 fully saturated rings. The third kappa shape index (κ3) is 2.09. The summed E-state index contributed by atoms with van der Waals surface area (Å²) in [5.41, 5.74) is 3.97. The van der Waals surface area contributed by atoms with Crippen molar-refractivity contribution in [3.63, 3.8) is 0 Å². The highest BCUT2D eigenvalue weighted by Gasteiger charge is 2.12. The van der Waals surface area contributed by atoms with E-state index >= 15 is 0 Å². The van der Waals surface area contributed by atoms with Crippen LogP contribution >= 0.6 is 0 Å². The lowest BCUT2D eigenvalue weighted by Crippen LogP contribution is -1.96. The zero-order valence-corrected chi connectivity index (χ0v) is 12.9. The first-order valence-electron chi connectivity index (χ1n) is 7.69. The molecule has 0 aliphatic carbocycles. The molecule has 0 aliphatic heterocycles. The normalized spacial score (nSPS) is 11.2. The summed E-state index contributed by atoms with van der Waals surface area (Å²) in [7, 11) is 0. The van der Waals surface area contributed by atoms with E-state index in [1.807, 2.05) is 36.5 Å². The van der Waals surface area contributed by atoms with Gasteiger partial charge in [-0.2, -0.15) is 15.5 Å². The molecule has 0 saturated heterocycles. The van der Waals surface area contributed by atoms with Crippen LogP contribution in [-0.2, 0) is 0 Å². The number of H-pyrrole nitrogens is 2. The molecule has 2 aromatic carbocycles. The average Bonchev–Trinajstić information content (AvgIpc) is 3.30. The first kappa shape index (κ1) is 13.5. The summed E-state index contributed by atoms with van der Waals surface area (Å²) in [6.07, 6.45) is 3.61. The highest BCUT2D eigenvalue weighted by Crippen LogP contribution is 2.30. The van der Waals surface area contributed by atoms with Crippen LogP contribution in [0.4, 0.5) is 11.5 Å². The van der Waals surface area contributed by atoms with Gasteiger partial charge in [-0.1, -0.05) is 0 Å². The molecular weight excluding hydrogens is 314 g/mol. The smallest absolute Gasteiger partial charge is 0.159 e.